The molecule has 5 rings (SSSR count). The van der Waals surface area contributed by atoms with Gasteiger partial charge in [0.2, 0.25) is 5.91 Å². The molecular weight excluding hydrogens is 408 g/mol. The third kappa shape index (κ3) is 3.82. The van der Waals surface area contributed by atoms with Gasteiger partial charge in [-0.05, 0) is 36.2 Å². The molecule has 0 bridgehead atoms. The van der Waals surface area contributed by atoms with E-state index in [4.69, 9.17) is 9.84 Å². The first-order valence-electron chi connectivity index (χ1n) is 11.0. The molecular formula is C24H26N4O4. The maximum Gasteiger partial charge on any atom is 0.261 e. The quantitative estimate of drug-likeness (QED) is 0.666. The molecule has 0 radical (unpaired) electrons. The zero-order valence-electron chi connectivity index (χ0n) is 17.8. The minimum absolute atomic E-state index is 0.104. The number of amides is 1. The number of ether oxygens (including phenoxy) is 1. The van der Waals surface area contributed by atoms with Crippen molar-refractivity contribution in [1.82, 2.24) is 14.5 Å². The second-order valence-electron chi connectivity index (χ2n) is 8.30. The summed E-state index contributed by atoms with van der Waals surface area (Å²) in [4.78, 5) is 34.1. The molecule has 3 heterocycles. The van der Waals surface area contributed by atoms with Crippen LogP contribution in [-0.2, 0) is 17.8 Å². The van der Waals surface area contributed by atoms with Crippen molar-refractivity contribution in [2.45, 2.75) is 13.0 Å². The molecule has 8 nitrogen and oxygen atoms in total. The van der Waals surface area contributed by atoms with Crippen LogP contribution < -0.4 is 15.2 Å². The molecule has 1 unspecified atom stereocenters. The maximum absolute atomic E-state index is 13.1. The van der Waals surface area contributed by atoms with E-state index >= 15 is 0 Å². The lowest BCUT2D eigenvalue weighted by molar-refractivity contribution is -0.137. The molecule has 8 heteroatoms. The molecule has 1 amide bonds. The number of benzene rings is 2. The third-order valence-corrected chi connectivity index (χ3v) is 6.33. The molecule has 0 aliphatic carbocycles. The lowest BCUT2D eigenvalue weighted by Gasteiger charge is -2.38. The van der Waals surface area contributed by atoms with Crippen molar-refractivity contribution in [2.75, 3.05) is 44.3 Å². The highest BCUT2D eigenvalue weighted by Gasteiger charge is 2.31. The van der Waals surface area contributed by atoms with Crippen molar-refractivity contribution >= 4 is 22.5 Å². The van der Waals surface area contributed by atoms with Gasteiger partial charge in [-0.2, -0.15) is 0 Å². The van der Waals surface area contributed by atoms with Crippen LogP contribution in [0.15, 0.2) is 53.6 Å². The van der Waals surface area contributed by atoms with Gasteiger partial charge < -0.3 is 19.6 Å². The Bertz CT molecular complexity index is 1200. The molecule has 1 aromatic heterocycles. The average molecular weight is 434 g/mol. The second-order valence-corrected chi connectivity index (χ2v) is 8.30. The fraction of sp³-hybridized carbons (Fsp3) is 0.375. The SMILES string of the molecule is O=C(C1COc2ccccc2C1)N1CCN(c2ccc3c(=O)n(CCO)cnc3c2)CC1. The third-order valence-electron chi connectivity index (χ3n) is 6.33. The first kappa shape index (κ1) is 20.5. The van der Waals surface area contributed by atoms with Crippen molar-refractivity contribution in [3.8, 4) is 5.75 Å². The number of fused-ring (bicyclic) bond motifs is 2. The molecule has 3 aromatic rings. The van der Waals surface area contributed by atoms with Gasteiger partial charge >= 0.3 is 0 Å². The molecule has 2 aromatic carbocycles. The van der Waals surface area contributed by atoms with Crippen molar-refractivity contribution in [2.24, 2.45) is 5.92 Å². The van der Waals surface area contributed by atoms with E-state index in [1.807, 2.05) is 41.3 Å². The summed E-state index contributed by atoms with van der Waals surface area (Å²) in [5.41, 5.74) is 2.57. The van der Waals surface area contributed by atoms with Crippen LogP contribution in [0.3, 0.4) is 0 Å². The summed E-state index contributed by atoms with van der Waals surface area (Å²) in [6.45, 7) is 3.32. The standard InChI is InChI=1S/C24H26N4O4/c29-12-11-28-16-25-21-14-19(5-6-20(21)24(28)31)26-7-9-27(10-8-26)23(30)18-13-17-3-1-2-4-22(17)32-15-18/h1-6,14,16,18,29H,7-13,15H2. The highest BCUT2D eigenvalue weighted by Crippen LogP contribution is 2.28. The number of hydrogen-bond donors (Lipinski definition) is 1. The van der Waals surface area contributed by atoms with Crippen molar-refractivity contribution in [3.05, 3.63) is 64.7 Å². The summed E-state index contributed by atoms with van der Waals surface area (Å²) < 4.78 is 7.22. The zero-order valence-corrected chi connectivity index (χ0v) is 17.8. The average Bonchev–Trinajstić information content (AvgIpc) is 2.85. The Labute approximate surface area is 185 Å². The normalized spacial score (nSPS) is 18.3. The van der Waals surface area contributed by atoms with Crippen LogP contribution in [-0.4, -0.2) is 64.9 Å². The Hall–Kier alpha value is -3.39. The van der Waals surface area contributed by atoms with Crippen LogP contribution in [0.1, 0.15) is 5.56 Å². The number of carbonyl (C=O) groups excluding carboxylic acids is 1. The van der Waals surface area contributed by atoms with Crippen molar-refractivity contribution in [1.29, 1.82) is 0 Å². The van der Waals surface area contributed by atoms with Gasteiger partial charge in [-0.15, -0.1) is 0 Å². The van der Waals surface area contributed by atoms with Gasteiger partial charge in [0, 0.05) is 31.9 Å². The topological polar surface area (TPSA) is 87.9 Å². The molecule has 0 saturated carbocycles. The van der Waals surface area contributed by atoms with Gasteiger partial charge in [0.05, 0.1) is 36.3 Å². The highest BCUT2D eigenvalue weighted by molar-refractivity contribution is 5.82. The predicted molar refractivity (Wildman–Crippen MR) is 121 cm³/mol. The lowest BCUT2D eigenvalue weighted by Crippen LogP contribution is -2.51. The predicted octanol–water partition coefficient (Wildman–Crippen LogP) is 1.29. The van der Waals surface area contributed by atoms with Crippen molar-refractivity contribution in [3.63, 3.8) is 0 Å². The molecule has 1 atom stereocenters. The van der Waals surface area contributed by atoms with Crippen LogP contribution in [0, 0.1) is 5.92 Å². The second kappa shape index (κ2) is 8.63. The van der Waals surface area contributed by atoms with E-state index in [2.05, 4.69) is 9.88 Å². The van der Waals surface area contributed by atoms with Gasteiger partial charge in [0.1, 0.15) is 12.4 Å². The molecule has 2 aliphatic heterocycles. The molecule has 1 saturated heterocycles. The van der Waals surface area contributed by atoms with Gasteiger partial charge in [-0.3, -0.25) is 14.2 Å². The van der Waals surface area contributed by atoms with Crippen LogP contribution in [0.2, 0.25) is 0 Å². The van der Waals surface area contributed by atoms with E-state index < -0.39 is 0 Å². The number of nitrogens with zero attached hydrogens (tertiary/aromatic N) is 4. The number of aromatic nitrogens is 2. The molecule has 0 spiro atoms. The Morgan fingerprint density at radius 2 is 1.94 bits per heavy atom. The fourth-order valence-corrected chi connectivity index (χ4v) is 4.54. The number of aliphatic hydroxyl groups excluding tert-OH is 1. The fourth-order valence-electron chi connectivity index (χ4n) is 4.54. The lowest BCUT2D eigenvalue weighted by atomic mass is 9.95. The van der Waals surface area contributed by atoms with Crippen molar-refractivity contribution < 1.29 is 14.6 Å². The van der Waals surface area contributed by atoms with Gasteiger partial charge in [0.15, 0.2) is 0 Å². The Morgan fingerprint density at radius 3 is 2.75 bits per heavy atom. The number of carbonyl (C=O) groups is 1. The molecule has 1 fully saturated rings. The van der Waals surface area contributed by atoms with Crippen LogP contribution >= 0.6 is 0 Å². The van der Waals surface area contributed by atoms with Gasteiger partial charge in [0.25, 0.3) is 5.56 Å². The Balaban J connectivity index is 1.24. The summed E-state index contributed by atoms with van der Waals surface area (Å²) in [6, 6.07) is 13.6. The molecule has 166 valence electrons. The Kier molecular flexibility index (Phi) is 5.53. The number of piperazine rings is 1. The van der Waals surface area contributed by atoms with Gasteiger partial charge in [-0.25, -0.2) is 4.98 Å². The minimum Gasteiger partial charge on any atom is -0.492 e. The van der Waals surface area contributed by atoms with Crippen LogP contribution in [0.5, 0.6) is 5.75 Å². The summed E-state index contributed by atoms with van der Waals surface area (Å²) in [6.07, 6.45) is 2.20. The number of anilines is 1. The number of hydrogen-bond acceptors (Lipinski definition) is 6. The van der Waals surface area contributed by atoms with E-state index in [-0.39, 0.29) is 30.5 Å². The molecule has 32 heavy (non-hydrogen) atoms. The number of rotatable bonds is 4. The molecule has 1 N–H and O–H groups in total. The van der Waals surface area contributed by atoms with Crippen LogP contribution in [0.25, 0.3) is 10.9 Å². The van der Waals surface area contributed by atoms with E-state index in [1.165, 1.54) is 10.9 Å². The maximum atomic E-state index is 13.1. The van der Waals surface area contributed by atoms with Gasteiger partial charge in [-0.1, -0.05) is 18.2 Å². The highest BCUT2D eigenvalue weighted by atomic mass is 16.5. The Morgan fingerprint density at radius 1 is 1.12 bits per heavy atom. The van der Waals surface area contributed by atoms with E-state index in [0.29, 0.717) is 30.6 Å². The number of aliphatic hydroxyl groups is 1. The first-order chi connectivity index (χ1) is 15.6. The first-order valence-corrected chi connectivity index (χ1v) is 11.0. The summed E-state index contributed by atoms with van der Waals surface area (Å²) >= 11 is 0. The zero-order chi connectivity index (χ0) is 22.1. The number of para-hydroxylation sites is 1. The summed E-state index contributed by atoms with van der Waals surface area (Å²) in [5, 5.41) is 9.63. The summed E-state index contributed by atoms with van der Waals surface area (Å²) in [5.74, 6) is 0.903. The van der Waals surface area contributed by atoms with E-state index in [0.717, 1.165) is 36.5 Å². The van der Waals surface area contributed by atoms with E-state index in [9.17, 15) is 9.59 Å². The monoisotopic (exact) mass is 434 g/mol. The minimum atomic E-state index is -0.151. The smallest absolute Gasteiger partial charge is 0.261 e. The van der Waals surface area contributed by atoms with E-state index in [1.54, 1.807) is 6.07 Å². The molecule has 2 aliphatic rings. The van der Waals surface area contributed by atoms with Crippen LogP contribution in [0.4, 0.5) is 5.69 Å². The summed E-state index contributed by atoms with van der Waals surface area (Å²) in [7, 11) is 0. The largest absolute Gasteiger partial charge is 0.492 e.